The first-order valence-corrected chi connectivity index (χ1v) is 12.4. The van der Waals surface area contributed by atoms with Crippen molar-refractivity contribution in [1.82, 2.24) is 20.9 Å². The summed E-state index contributed by atoms with van der Waals surface area (Å²) in [7, 11) is 0. The highest BCUT2D eigenvalue weighted by Crippen LogP contribution is 2.47. The van der Waals surface area contributed by atoms with Gasteiger partial charge >= 0.3 is 6.03 Å². The molecule has 3 N–H and O–H groups in total. The Morgan fingerprint density at radius 1 is 1.24 bits per heavy atom. The number of urea groups is 1. The second-order valence-corrected chi connectivity index (χ2v) is 10.2. The van der Waals surface area contributed by atoms with Crippen molar-refractivity contribution in [2.24, 2.45) is 5.92 Å². The van der Waals surface area contributed by atoms with Crippen LogP contribution in [0.3, 0.4) is 0 Å². The maximum absolute atomic E-state index is 13.3. The summed E-state index contributed by atoms with van der Waals surface area (Å²) in [5.41, 5.74) is 2.74. The van der Waals surface area contributed by atoms with E-state index in [4.69, 9.17) is 0 Å². The van der Waals surface area contributed by atoms with Crippen LogP contribution >= 0.6 is 11.8 Å². The molecule has 0 spiro atoms. The van der Waals surface area contributed by atoms with Crippen molar-refractivity contribution in [2.75, 3.05) is 24.5 Å². The number of nitrogens with zero attached hydrogens (tertiary/aromatic N) is 2. The second kappa shape index (κ2) is 8.87. The van der Waals surface area contributed by atoms with Crippen molar-refractivity contribution in [1.29, 1.82) is 0 Å². The van der Waals surface area contributed by atoms with Crippen LogP contribution in [0, 0.1) is 12.8 Å². The molecule has 33 heavy (non-hydrogen) atoms. The van der Waals surface area contributed by atoms with E-state index in [9.17, 15) is 14.4 Å². The lowest BCUT2D eigenvalue weighted by Crippen LogP contribution is -2.62. The van der Waals surface area contributed by atoms with Crippen LogP contribution in [0.5, 0.6) is 0 Å². The van der Waals surface area contributed by atoms with Crippen LogP contribution < -0.4 is 20.9 Å². The molecule has 174 valence electrons. The van der Waals surface area contributed by atoms with E-state index in [1.807, 2.05) is 36.1 Å². The number of nitrogens with one attached hydrogen (secondary N) is 3. The molecule has 0 radical (unpaired) electrons. The van der Waals surface area contributed by atoms with Gasteiger partial charge in [0.15, 0.2) is 0 Å². The molecule has 5 rings (SSSR count). The fourth-order valence-corrected chi connectivity index (χ4v) is 6.70. The van der Waals surface area contributed by atoms with Crippen molar-refractivity contribution in [3.8, 4) is 0 Å². The van der Waals surface area contributed by atoms with Crippen LogP contribution in [-0.2, 0) is 9.59 Å². The minimum atomic E-state index is -0.191. The molecular formula is C24H29N5O3S. The molecule has 1 aromatic rings. The topological polar surface area (TPSA) is 93.8 Å². The van der Waals surface area contributed by atoms with Gasteiger partial charge in [-0.25, -0.2) is 4.79 Å². The molecule has 9 heteroatoms. The average Bonchev–Trinajstić information content (AvgIpc) is 3.19. The zero-order chi connectivity index (χ0) is 23.1. The highest BCUT2D eigenvalue weighted by atomic mass is 32.2. The number of hydrogen-bond donors (Lipinski definition) is 3. The summed E-state index contributed by atoms with van der Waals surface area (Å²) in [6, 6.07) is 7.68. The van der Waals surface area contributed by atoms with Crippen molar-refractivity contribution < 1.29 is 14.4 Å². The number of piperidine rings is 2. The monoisotopic (exact) mass is 467 g/mol. The second-order valence-electron chi connectivity index (χ2n) is 9.05. The Labute approximate surface area is 197 Å². The molecule has 0 saturated carbocycles. The van der Waals surface area contributed by atoms with Gasteiger partial charge in [0, 0.05) is 36.4 Å². The zero-order valence-corrected chi connectivity index (χ0v) is 19.5. The quantitative estimate of drug-likeness (QED) is 0.590. The maximum Gasteiger partial charge on any atom is 0.326 e. The van der Waals surface area contributed by atoms with Crippen LogP contribution in [0.1, 0.15) is 24.8 Å². The van der Waals surface area contributed by atoms with Crippen LogP contribution in [-0.4, -0.2) is 59.8 Å². The van der Waals surface area contributed by atoms with E-state index in [1.54, 1.807) is 4.90 Å². The predicted octanol–water partition coefficient (Wildman–Crippen LogP) is 2.08. The first-order chi connectivity index (χ1) is 16.0. The van der Waals surface area contributed by atoms with Gasteiger partial charge in [0.1, 0.15) is 0 Å². The van der Waals surface area contributed by atoms with Gasteiger partial charge in [0.05, 0.1) is 16.3 Å². The molecule has 0 bridgehead atoms. The first kappa shape index (κ1) is 22.0. The molecule has 4 amide bonds. The van der Waals surface area contributed by atoms with Crippen LogP contribution in [0.2, 0.25) is 0 Å². The number of benzene rings is 1. The van der Waals surface area contributed by atoms with Crippen molar-refractivity contribution in [3.63, 3.8) is 0 Å². The van der Waals surface area contributed by atoms with Crippen LogP contribution in [0.15, 0.2) is 47.5 Å². The first-order valence-electron chi connectivity index (χ1n) is 11.5. The Morgan fingerprint density at radius 2 is 2.03 bits per heavy atom. The lowest BCUT2D eigenvalue weighted by molar-refractivity contribution is -0.128. The summed E-state index contributed by atoms with van der Waals surface area (Å²) in [4.78, 5) is 42.6. The third-order valence-corrected chi connectivity index (χ3v) is 8.26. The molecule has 4 aliphatic heterocycles. The van der Waals surface area contributed by atoms with Crippen molar-refractivity contribution >= 4 is 35.3 Å². The van der Waals surface area contributed by atoms with Gasteiger partial charge in [0.2, 0.25) is 5.91 Å². The molecule has 3 unspecified atom stereocenters. The third kappa shape index (κ3) is 4.04. The van der Waals surface area contributed by atoms with E-state index in [-0.39, 0.29) is 41.2 Å². The fourth-order valence-electron chi connectivity index (χ4n) is 5.30. The lowest BCUT2D eigenvalue weighted by Gasteiger charge is -2.45. The Morgan fingerprint density at radius 3 is 2.79 bits per heavy atom. The van der Waals surface area contributed by atoms with E-state index >= 15 is 0 Å². The summed E-state index contributed by atoms with van der Waals surface area (Å²) in [6.45, 7) is 7.53. The number of thioether (sulfide) groups is 1. The standard InChI is InChI=1S/C24H29N5O3S/c1-3-18(30)28-12-4-5-15(13-28)26-22(31)21-20-19-17(10-11-25-23(19)33-21)29(24(32)27-20)16-8-6-14(2)7-9-16/h3,6-9,15,17,19,23,25H,1,4-5,10-13H2,2H3,(H,26,31)(H,27,32)/t15-,17?,19?,23?/m1/s1. The zero-order valence-electron chi connectivity index (χ0n) is 18.7. The maximum atomic E-state index is 13.3. The van der Waals surface area contributed by atoms with Crippen LogP contribution in [0.25, 0.3) is 0 Å². The summed E-state index contributed by atoms with van der Waals surface area (Å²) < 4.78 is 0. The number of likely N-dealkylation sites (tertiary alicyclic amines) is 1. The molecule has 4 heterocycles. The van der Waals surface area contributed by atoms with E-state index < -0.39 is 0 Å². The Hall–Kier alpha value is -2.78. The van der Waals surface area contributed by atoms with Gasteiger partial charge in [-0.2, -0.15) is 0 Å². The fraction of sp³-hybridized carbons (Fsp3) is 0.458. The molecule has 8 nitrogen and oxygen atoms in total. The Balaban J connectivity index is 1.37. The van der Waals surface area contributed by atoms with Gasteiger partial charge in [-0.3, -0.25) is 14.5 Å². The summed E-state index contributed by atoms with van der Waals surface area (Å²) in [5, 5.41) is 9.71. The number of carbonyl (C=O) groups excluding carboxylic acids is 3. The third-order valence-electron chi connectivity index (χ3n) is 6.90. The van der Waals surface area contributed by atoms with Gasteiger partial charge in [0.25, 0.3) is 5.91 Å². The van der Waals surface area contributed by atoms with Crippen molar-refractivity contribution in [3.05, 3.63) is 53.1 Å². The Kier molecular flexibility index (Phi) is 5.92. The number of amides is 4. The Bertz CT molecular complexity index is 1020. The number of carbonyl (C=O) groups is 3. The van der Waals surface area contributed by atoms with Gasteiger partial charge in [-0.15, -0.1) is 0 Å². The van der Waals surface area contributed by atoms with E-state index in [2.05, 4.69) is 22.5 Å². The predicted molar refractivity (Wildman–Crippen MR) is 128 cm³/mol. The number of aryl methyl sites for hydroxylation is 1. The highest BCUT2D eigenvalue weighted by molar-refractivity contribution is 8.04. The normalized spacial score (nSPS) is 28.8. The molecule has 0 aromatic heterocycles. The van der Waals surface area contributed by atoms with E-state index in [0.717, 1.165) is 42.8 Å². The lowest BCUT2D eigenvalue weighted by atomic mass is 9.86. The minimum absolute atomic E-state index is 0.00380. The van der Waals surface area contributed by atoms with Gasteiger partial charge in [-0.05, 0) is 50.9 Å². The average molecular weight is 468 g/mol. The molecular weight excluding hydrogens is 438 g/mol. The smallest absolute Gasteiger partial charge is 0.326 e. The van der Waals surface area contributed by atoms with Crippen molar-refractivity contribution in [2.45, 2.75) is 43.6 Å². The number of anilines is 1. The largest absolute Gasteiger partial charge is 0.347 e. The molecule has 3 fully saturated rings. The molecule has 1 aromatic carbocycles. The molecule has 4 aliphatic rings. The molecule has 3 saturated heterocycles. The SMILES string of the molecule is C=CC(=O)N1CCC[C@@H](NC(=O)C2=C3NC(=O)N(c4ccc(C)cc4)C4CCNC(S2)C34)C1. The molecule has 0 aliphatic carbocycles. The highest BCUT2D eigenvalue weighted by Gasteiger charge is 2.51. The summed E-state index contributed by atoms with van der Waals surface area (Å²) in [6.07, 6.45) is 3.79. The summed E-state index contributed by atoms with van der Waals surface area (Å²) in [5.74, 6) is -0.263. The van der Waals surface area contributed by atoms with E-state index in [0.29, 0.717) is 18.0 Å². The number of hydrogen-bond acceptors (Lipinski definition) is 5. The van der Waals surface area contributed by atoms with Gasteiger partial charge in [-0.1, -0.05) is 36.0 Å². The number of rotatable bonds is 4. The van der Waals surface area contributed by atoms with E-state index in [1.165, 1.54) is 17.8 Å². The minimum Gasteiger partial charge on any atom is -0.347 e. The molecule has 4 atom stereocenters. The van der Waals surface area contributed by atoms with Gasteiger partial charge < -0.3 is 20.9 Å². The van der Waals surface area contributed by atoms with Crippen LogP contribution in [0.4, 0.5) is 10.5 Å². The summed E-state index contributed by atoms with van der Waals surface area (Å²) >= 11 is 1.50.